The monoisotopic (exact) mass is 383 g/mol. The molecule has 0 amide bonds. The average Bonchev–Trinajstić information content (AvgIpc) is 3.24. The molecule has 0 spiro atoms. The molecule has 134 valence electrons. The predicted molar refractivity (Wildman–Crippen MR) is 111 cm³/mol. The number of rotatable bonds is 3. The lowest BCUT2D eigenvalue weighted by atomic mass is 10.0. The fourth-order valence-corrected chi connectivity index (χ4v) is 3.28. The summed E-state index contributed by atoms with van der Waals surface area (Å²) in [6.45, 7) is 0. The fraction of sp³-hybridized carbons (Fsp3) is 0. The molecule has 0 saturated carbocycles. The van der Waals surface area contributed by atoms with E-state index in [-0.39, 0.29) is 0 Å². The van der Waals surface area contributed by atoms with Crippen LogP contribution in [0.15, 0.2) is 89.3 Å². The van der Waals surface area contributed by atoms with Crippen molar-refractivity contribution in [1.29, 1.82) is 0 Å². The first kappa shape index (κ1) is 16.7. The number of aromatic nitrogens is 3. The van der Waals surface area contributed by atoms with Crippen LogP contribution < -0.4 is 0 Å². The summed E-state index contributed by atoms with van der Waals surface area (Å²) in [6, 6.07) is 27.3. The zero-order chi connectivity index (χ0) is 18.9. The van der Waals surface area contributed by atoms with Crippen LogP contribution in [-0.4, -0.2) is 15.2 Å². The van der Waals surface area contributed by atoms with Gasteiger partial charge in [-0.1, -0.05) is 60.1 Å². The van der Waals surface area contributed by atoms with Crippen LogP contribution in [0.4, 0.5) is 0 Å². The highest BCUT2D eigenvalue weighted by Gasteiger charge is 2.15. The van der Waals surface area contributed by atoms with Gasteiger partial charge in [0.25, 0.3) is 0 Å². The molecule has 0 aliphatic carbocycles. The lowest BCUT2D eigenvalue weighted by Gasteiger charge is -2.07. The van der Waals surface area contributed by atoms with Crippen molar-refractivity contribution >= 4 is 22.5 Å². The number of benzene rings is 3. The van der Waals surface area contributed by atoms with Crippen molar-refractivity contribution < 1.29 is 4.42 Å². The molecule has 0 aliphatic rings. The van der Waals surface area contributed by atoms with Crippen molar-refractivity contribution in [2.75, 3.05) is 0 Å². The van der Waals surface area contributed by atoms with E-state index in [1.165, 1.54) is 0 Å². The van der Waals surface area contributed by atoms with Gasteiger partial charge < -0.3 is 4.42 Å². The lowest BCUT2D eigenvalue weighted by molar-refractivity contribution is 0.585. The van der Waals surface area contributed by atoms with E-state index in [4.69, 9.17) is 21.0 Å². The molecule has 0 bridgehead atoms. The summed E-state index contributed by atoms with van der Waals surface area (Å²) in [5.74, 6) is 0.912. The molecule has 5 heteroatoms. The smallest absolute Gasteiger partial charge is 0.248 e. The molecule has 0 aliphatic heterocycles. The van der Waals surface area contributed by atoms with Crippen LogP contribution in [0, 0.1) is 0 Å². The van der Waals surface area contributed by atoms with Crippen LogP contribution in [0.5, 0.6) is 0 Å². The maximum absolute atomic E-state index is 6.00. The van der Waals surface area contributed by atoms with Gasteiger partial charge in [-0.2, -0.15) is 0 Å². The third kappa shape index (κ3) is 3.04. The Morgan fingerprint density at radius 3 is 2.21 bits per heavy atom. The van der Waals surface area contributed by atoms with E-state index in [1.54, 1.807) is 12.1 Å². The van der Waals surface area contributed by atoms with E-state index in [1.807, 2.05) is 72.8 Å². The van der Waals surface area contributed by atoms with Crippen molar-refractivity contribution in [3.63, 3.8) is 0 Å². The standard InChI is InChI=1S/C23H14ClN3O/c24-17-12-10-16(11-13-17)22-26-27-23(28-22)19-14-21(15-6-2-1-3-7-15)25-20-9-5-4-8-18(19)20/h1-14H. The lowest BCUT2D eigenvalue weighted by Crippen LogP contribution is -1.89. The van der Waals surface area contributed by atoms with E-state index in [0.29, 0.717) is 16.8 Å². The number of nitrogens with zero attached hydrogens (tertiary/aromatic N) is 3. The van der Waals surface area contributed by atoms with Gasteiger partial charge in [-0.05, 0) is 36.4 Å². The third-order valence-corrected chi connectivity index (χ3v) is 4.78. The number of hydrogen-bond acceptors (Lipinski definition) is 4. The Kier molecular flexibility index (Phi) is 4.11. The van der Waals surface area contributed by atoms with E-state index < -0.39 is 0 Å². The quantitative estimate of drug-likeness (QED) is 0.368. The van der Waals surface area contributed by atoms with Crippen LogP contribution in [0.3, 0.4) is 0 Å². The Hall–Kier alpha value is -3.50. The van der Waals surface area contributed by atoms with Crippen molar-refractivity contribution in [2.24, 2.45) is 0 Å². The number of pyridine rings is 1. The van der Waals surface area contributed by atoms with Crippen LogP contribution in [0.1, 0.15) is 0 Å². The van der Waals surface area contributed by atoms with Crippen LogP contribution in [0.25, 0.3) is 45.1 Å². The minimum absolute atomic E-state index is 0.453. The fourth-order valence-electron chi connectivity index (χ4n) is 3.15. The SMILES string of the molecule is Clc1ccc(-c2nnc(-c3cc(-c4ccccc4)nc4ccccc34)o2)cc1. The molecule has 5 rings (SSSR count). The van der Waals surface area contributed by atoms with Crippen molar-refractivity contribution in [1.82, 2.24) is 15.2 Å². The summed E-state index contributed by atoms with van der Waals surface area (Å²) >= 11 is 5.97. The molecule has 2 aromatic heterocycles. The van der Waals surface area contributed by atoms with Gasteiger partial charge in [-0.25, -0.2) is 4.98 Å². The van der Waals surface area contributed by atoms with E-state index in [9.17, 15) is 0 Å². The van der Waals surface area contributed by atoms with E-state index in [0.717, 1.165) is 33.3 Å². The van der Waals surface area contributed by atoms with Gasteiger partial charge in [0.15, 0.2) is 0 Å². The maximum atomic E-state index is 6.00. The second-order valence-electron chi connectivity index (χ2n) is 6.36. The zero-order valence-corrected chi connectivity index (χ0v) is 15.5. The zero-order valence-electron chi connectivity index (χ0n) is 14.7. The number of halogens is 1. The van der Waals surface area contributed by atoms with Crippen molar-refractivity contribution in [2.45, 2.75) is 0 Å². The summed E-state index contributed by atoms with van der Waals surface area (Å²) in [6.07, 6.45) is 0. The van der Waals surface area contributed by atoms with Gasteiger partial charge in [0, 0.05) is 21.5 Å². The minimum Gasteiger partial charge on any atom is -0.416 e. The molecular weight excluding hydrogens is 370 g/mol. The first-order valence-electron chi connectivity index (χ1n) is 8.83. The summed E-state index contributed by atoms with van der Waals surface area (Å²) in [5.41, 5.74) is 4.46. The molecule has 5 aromatic rings. The Balaban J connectivity index is 1.67. The molecule has 28 heavy (non-hydrogen) atoms. The molecule has 2 heterocycles. The Morgan fingerprint density at radius 1 is 0.679 bits per heavy atom. The van der Waals surface area contributed by atoms with Crippen LogP contribution in [0.2, 0.25) is 5.02 Å². The first-order chi connectivity index (χ1) is 13.8. The van der Waals surface area contributed by atoms with Gasteiger partial charge in [-0.15, -0.1) is 10.2 Å². The molecule has 4 nitrogen and oxygen atoms in total. The van der Waals surface area contributed by atoms with Gasteiger partial charge in [0.1, 0.15) is 0 Å². The summed E-state index contributed by atoms with van der Waals surface area (Å²) in [5, 5.41) is 10.1. The largest absolute Gasteiger partial charge is 0.416 e. The Morgan fingerprint density at radius 2 is 1.39 bits per heavy atom. The third-order valence-electron chi connectivity index (χ3n) is 4.53. The maximum Gasteiger partial charge on any atom is 0.248 e. The average molecular weight is 384 g/mol. The number of fused-ring (bicyclic) bond motifs is 1. The summed E-state index contributed by atoms with van der Waals surface area (Å²) in [4.78, 5) is 4.80. The minimum atomic E-state index is 0.453. The van der Waals surface area contributed by atoms with Crippen molar-refractivity contribution in [3.05, 3.63) is 90.0 Å². The highest BCUT2D eigenvalue weighted by molar-refractivity contribution is 6.30. The first-order valence-corrected chi connectivity index (χ1v) is 9.21. The molecule has 0 atom stereocenters. The number of hydrogen-bond donors (Lipinski definition) is 0. The van der Waals surface area contributed by atoms with E-state index in [2.05, 4.69) is 10.2 Å². The summed E-state index contributed by atoms with van der Waals surface area (Å²) < 4.78 is 6.00. The van der Waals surface area contributed by atoms with Gasteiger partial charge in [0.05, 0.1) is 16.8 Å². The summed E-state index contributed by atoms with van der Waals surface area (Å²) in [7, 11) is 0. The molecule has 0 radical (unpaired) electrons. The van der Waals surface area contributed by atoms with Gasteiger partial charge >= 0.3 is 0 Å². The van der Waals surface area contributed by atoms with Crippen LogP contribution >= 0.6 is 11.6 Å². The topological polar surface area (TPSA) is 51.8 Å². The molecule has 0 saturated heterocycles. The van der Waals surface area contributed by atoms with Crippen LogP contribution in [-0.2, 0) is 0 Å². The second-order valence-corrected chi connectivity index (χ2v) is 6.79. The number of para-hydroxylation sites is 1. The highest BCUT2D eigenvalue weighted by Crippen LogP contribution is 2.32. The molecule has 0 unspecified atom stereocenters. The molecule has 0 N–H and O–H groups in total. The van der Waals surface area contributed by atoms with Gasteiger partial charge in [-0.3, -0.25) is 0 Å². The normalized spacial score (nSPS) is 11.0. The van der Waals surface area contributed by atoms with E-state index >= 15 is 0 Å². The predicted octanol–water partition coefficient (Wildman–Crippen LogP) is 6.27. The molecular formula is C23H14ClN3O. The Labute approximate surface area is 166 Å². The highest BCUT2D eigenvalue weighted by atomic mass is 35.5. The second kappa shape index (κ2) is 6.91. The van der Waals surface area contributed by atoms with Crippen molar-refractivity contribution in [3.8, 4) is 34.2 Å². The van der Waals surface area contributed by atoms with Gasteiger partial charge in [0.2, 0.25) is 11.8 Å². The molecule has 0 fully saturated rings. The Bertz CT molecular complexity index is 1260. The molecule has 3 aromatic carbocycles.